The lowest BCUT2D eigenvalue weighted by atomic mass is 10.0. The van der Waals surface area contributed by atoms with Crippen LogP contribution in [-0.4, -0.2) is 25.2 Å². The van der Waals surface area contributed by atoms with E-state index in [-0.39, 0.29) is 18.0 Å². The first-order valence-corrected chi connectivity index (χ1v) is 12.2. The summed E-state index contributed by atoms with van der Waals surface area (Å²) in [7, 11) is 0. The van der Waals surface area contributed by atoms with Crippen LogP contribution in [-0.2, 0) is 24.3 Å². The molecule has 6 rings (SSSR count). The van der Waals surface area contributed by atoms with E-state index in [1.54, 1.807) is 6.07 Å². The van der Waals surface area contributed by atoms with Crippen molar-refractivity contribution in [3.63, 3.8) is 0 Å². The molecule has 36 heavy (non-hydrogen) atoms. The van der Waals surface area contributed by atoms with Gasteiger partial charge in [-0.25, -0.2) is 9.67 Å². The van der Waals surface area contributed by atoms with Crippen molar-refractivity contribution < 1.29 is 4.79 Å². The van der Waals surface area contributed by atoms with Crippen LogP contribution in [0.5, 0.6) is 0 Å². The summed E-state index contributed by atoms with van der Waals surface area (Å²) < 4.78 is 3.41. The molecule has 0 saturated carbocycles. The maximum atomic E-state index is 13.0. The molecule has 2 aromatic heterocycles. The highest BCUT2D eigenvalue weighted by Crippen LogP contribution is 2.29. The van der Waals surface area contributed by atoms with Crippen LogP contribution in [0, 0.1) is 0 Å². The van der Waals surface area contributed by atoms with Crippen molar-refractivity contribution in [3.8, 4) is 22.5 Å². The number of aryl methyl sites for hydroxylation is 2. The van der Waals surface area contributed by atoms with Crippen LogP contribution in [0.2, 0.25) is 0 Å². The van der Waals surface area contributed by atoms with E-state index in [0.717, 1.165) is 59.2 Å². The van der Waals surface area contributed by atoms with E-state index in [9.17, 15) is 9.59 Å². The molecule has 0 saturated heterocycles. The first-order chi connectivity index (χ1) is 17.7. The molecule has 1 N–H and O–H groups in total. The van der Waals surface area contributed by atoms with Gasteiger partial charge in [0.2, 0.25) is 5.91 Å². The molecule has 0 aliphatic carbocycles. The Bertz CT molecular complexity index is 1620. The fourth-order valence-electron chi connectivity index (χ4n) is 4.84. The minimum Gasteiger partial charge on any atom is -0.334 e. The summed E-state index contributed by atoms with van der Waals surface area (Å²) >= 11 is 0. The van der Waals surface area contributed by atoms with Crippen LogP contribution in [0.15, 0.2) is 89.9 Å². The summed E-state index contributed by atoms with van der Waals surface area (Å²) in [5, 5.41) is 9.62. The van der Waals surface area contributed by atoms with E-state index >= 15 is 0 Å². The first-order valence-electron chi connectivity index (χ1n) is 12.2. The number of para-hydroxylation sites is 1. The van der Waals surface area contributed by atoms with Crippen molar-refractivity contribution in [1.29, 1.82) is 0 Å². The van der Waals surface area contributed by atoms with Gasteiger partial charge >= 0.3 is 0 Å². The molecular formula is C29H25N5O2. The number of amides is 1. The summed E-state index contributed by atoms with van der Waals surface area (Å²) in [6, 6.07) is 24.8. The van der Waals surface area contributed by atoms with Crippen LogP contribution in [0.4, 0.5) is 5.69 Å². The van der Waals surface area contributed by atoms with Crippen LogP contribution in [0.25, 0.3) is 33.3 Å². The van der Waals surface area contributed by atoms with Crippen molar-refractivity contribution in [3.05, 3.63) is 101 Å². The largest absolute Gasteiger partial charge is 0.334 e. The number of fused-ring (bicyclic) bond motifs is 2. The number of anilines is 1. The Hall–Kier alpha value is -4.52. The number of aromatic nitrogens is 4. The summed E-state index contributed by atoms with van der Waals surface area (Å²) in [6.45, 7) is 0.782. The smallest absolute Gasteiger partial charge is 0.267 e. The maximum absolute atomic E-state index is 13.0. The average Bonchev–Trinajstić information content (AvgIpc) is 3.34. The molecule has 1 aliphatic heterocycles. The van der Waals surface area contributed by atoms with E-state index in [4.69, 9.17) is 4.98 Å². The monoisotopic (exact) mass is 475 g/mol. The summed E-state index contributed by atoms with van der Waals surface area (Å²) in [5.74, 6) is 0.759. The third-order valence-electron chi connectivity index (χ3n) is 6.61. The van der Waals surface area contributed by atoms with Crippen LogP contribution >= 0.6 is 0 Å². The number of hydrogen-bond donors (Lipinski definition) is 1. The van der Waals surface area contributed by atoms with Gasteiger partial charge < -0.3 is 9.88 Å². The highest BCUT2D eigenvalue weighted by Gasteiger charge is 2.17. The predicted molar refractivity (Wildman–Crippen MR) is 141 cm³/mol. The Balaban J connectivity index is 1.27. The van der Waals surface area contributed by atoms with Crippen molar-refractivity contribution in [1.82, 2.24) is 19.3 Å². The molecule has 0 spiro atoms. The second kappa shape index (κ2) is 9.26. The van der Waals surface area contributed by atoms with Crippen molar-refractivity contribution >= 4 is 22.4 Å². The summed E-state index contributed by atoms with van der Waals surface area (Å²) in [4.78, 5) is 30.4. The zero-order chi connectivity index (χ0) is 24.5. The summed E-state index contributed by atoms with van der Waals surface area (Å²) in [6.07, 6.45) is 5.32. The van der Waals surface area contributed by atoms with Gasteiger partial charge in [0.15, 0.2) is 0 Å². The van der Waals surface area contributed by atoms with Gasteiger partial charge in [-0.3, -0.25) is 9.59 Å². The third-order valence-corrected chi connectivity index (χ3v) is 6.61. The summed E-state index contributed by atoms with van der Waals surface area (Å²) in [5.41, 5.74) is 3.59. The second-order valence-electron chi connectivity index (χ2n) is 9.03. The number of carbonyl (C=O) groups is 1. The van der Waals surface area contributed by atoms with Gasteiger partial charge in [-0.2, -0.15) is 5.10 Å². The van der Waals surface area contributed by atoms with E-state index in [1.165, 1.54) is 10.7 Å². The lowest BCUT2D eigenvalue weighted by molar-refractivity contribution is -0.117. The van der Waals surface area contributed by atoms with Gasteiger partial charge in [0, 0.05) is 36.4 Å². The number of carbonyl (C=O) groups excluding carboxylic acids is 1. The molecule has 178 valence electrons. The zero-order valence-corrected chi connectivity index (χ0v) is 19.7. The predicted octanol–water partition coefficient (Wildman–Crippen LogP) is 4.90. The Kier molecular flexibility index (Phi) is 5.65. The Labute approximate surface area is 208 Å². The third kappa shape index (κ3) is 4.20. The van der Waals surface area contributed by atoms with Gasteiger partial charge in [0.1, 0.15) is 12.4 Å². The number of imidazole rings is 1. The lowest BCUT2D eigenvalue weighted by Crippen LogP contribution is -2.29. The Morgan fingerprint density at radius 3 is 2.58 bits per heavy atom. The first kappa shape index (κ1) is 22.0. The Morgan fingerprint density at radius 2 is 1.67 bits per heavy atom. The highest BCUT2D eigenvalue weighted by atomic mass is 16.2. The lowest BCUT2D eigenvalue weighted by Gasteiger charge is -2.12. The maximum Gasteiger partial charge on any atom is 0.267 e. The molecule has 0 unspecified atom stereocenters. The number of nitrogens with one attached hydrogen (secondary N) is 1. The van der Waals surface area contributed by atoms with Gasteiger partial charge in [-0.1, -0.05) is 60.7 Å². The highest BCUT2D eigenvalue weighted by molar-refractivity contribution is 5.96. The number of rotatable bonds is 5. The van der Waals surface area contributed by atoms with Gasteiger partial charge in [-0.15, -0.1) is 0 Å². The van der Waals surface area contributed by atoms with Crippen molar-refractivity contribution in [2.75, 3.05) is 5.32 Å². The second-order valence-corrected chi connectivity index (χ2v) is 9.03. The molecule has 0 fully saturated rings. The molecule has 1 aliphatic rings. The van der Waals surface area contributed by atoms with Crippen LogP contribution in [0.3, 0.4) is 0 Å². The fraction of sp³-hybridized carbons (Fsp3) is 0.172. The minimum atomic E-state index is -0.329. The topological polar surface area (TPSA) is 81.8 Å². The fourth-order valence-corrected chi connectivity index (χ4v) is 4.84. The van der Waals surface area contributed by atoms with E-state index in [2.05, 4.69) is 21.2 Å². The standard InChI is InChI=1S/C29H25N5O2/c35-28(31-24-13-4-3-11-23(24)26-18-33-17-6-5-14-27(33)30-26)19-34-29(36)16-15-25(32-34)22-12-7-9-20-8-1-2-10-21(20)22/h1-4,7-13,15-16,18H,5-6,14,17,19H2,(H,31,35). The Morgan fingerprint density at radius 1 is 0.861 bits per heavy atom. The zero-order valence-electron chi connectivity index (χ0n) is 19.7. The SMILES string of the molecule is O=C(Cn1nc(-c2cccc3ccccc23)ccc1=O)Nc1ccccc1-c1cn2c(n1)CCCC2. The normalized spacial score (nSPS) is 12.9. The van der Waals surface area contributed by atoms with Crippen molar-refractivity contribution in [2.24, 2.45) is 0 Å². The molecule has 5 aromatic rings. The molecule has 3 heterocycles. The number of nitrogens with zero attached hydrogens (tertiary/aromatic N) is 4. The molecule has 0 bridgehead atoms. The number of benzene rings is 3. The molecule has 0 atom stereocenters. The van der Waals surface area contributed by atoms with Crippen LogP contribution < -0.4 is 10.9 Å². The molecule has 7 nitrogen and oxygen atoms in total. The molecular weight excluding hydrogens is 450 g/mol. The van der Waals surface area contributed by atoms with E-state index < -0.39 is 0 Å². The molecule has 3 aromatic carbocycles. The average molecular weight is 476 g/mol. The minimum absolute atomic E-state index is 0.189. The van der Waals surface area contributed by atoms with E-state index in [0.29, 0.717) is 11.4 Å². The van der Waals surface area contributed by atoms with Gasteiger partial charge in [0.05, 0.1) is 17.1 Å². The molecule has 1 amide bonds. The van der Waals surface area contributed by atoms with Crippen molar-refractivity contribution in [2.45, 2.75) is 32.4 Å². The molecule has 0 radical (unpaired) electrons. The van der Waals surface area contributed by atoms with E-state index in [1.807, 2.05) is 66.7 Å². The van der Waals surface area contributed by atoms with Gasteiger partial charge in [-0.05, 0) is 35.7 Å². The molecule has 7 heteroatoms. The number of hydrogen-bond acceptors (Lipinski definition) is 4. The quantitative estimate of drug-likeness (QED) is 0.392. The van der Waals surface area contributed by atoms with Gasteiger partial charge in [0.25, 0.3) is 5.56 Å². The van der Waals surface area contributed by atoms with Crippen LogP contribution in [0.1, 0.15) is 18.7 Å².